The maximum atomic E-state index is 11.0. The number of ether oxygens (including phenoxy) is 1. The molecule has 0 radical (unpaired) electrons. The summed E-state index contributed by atoms with van der Waals surface area (Å²) in [6, 6.07) is 0.467. The Labute approximate surface area is 91.0 Å². The Morgan fingerprint density at radius 1 is 1.50 bits per heavy atom. The molecule has 0 heterocycles. The molecular weight excluding hydrogens is 198 g/mol. The van der Waals surface area contributed by atoms with Gasteiger partial charge >= 0.3 is 5.97 Å². The van der Waals surface area contributed by atoms with Crippen molar-refractivity contribution in [3.8, 4) is 0 Å². The molecule has 1 N–H and O–H groups in total. The van der Waals surface area contributed by atoms with Gasteiger partial charge in [-0.05, 0) is 19.6 Å². The van der Waals surface area contributed by atoms with E-state index in [9.17, 15) is 4.79 Å². The molecule has 1 unspecified atom stereocenters. The van der Waals surface area contributed by atoms with Crippen molar-refractivity contribution in [2.75, 3.05) is 24.7 Å². The smallest absolute Gasteiger partial charge is 0.307 e. The molecule has 84 valence electrons. The van der Waals surface area contributed by atoms with Gasteiger partial charge in [-0.2, -0.15) is 11.8 Å². The molecule has 0 saturated heterocycles. The van der Waals surface area contributed by atoms with Gasteiger partial charge in [0.25, 0.3) is 0 Å². The van der Waals surface area contributed by atoms with Crippen molar-refractivity contribution in [3.63, 3.8) is 0 Å². The summed E-state index contributed by atoms with van der Waals surface area (Å²) in [6.07, 6.45) is 0.467. The fourth-order valence-corrected chi connectivity index (χ4v) is 1.71. The summed E-state index contributed by atoms with van der Waals surface area (Å²) in [7, 11) is 0. The predicted molar refractivity (Wildman–Crippen MR) is 61.7 cm³/mol. The van der Waals surface area contributed by atoms with Gasteiger partial charge in [-0.25, -0.2) is 0 Å². The first-order valence-electron chi connectivity index (χ1n) is 5.17. The topological polar surface area (TPSA) is 38.3 Å². The van der Waals surface area contributed by atoms with Gasteiger partial charge in [-0.1, -0.05) is 6.92 Å². The molecule has 0 spiro atoms. The zero-order valence-corrected chi connectivity index (χ0v) is 10.2. The van der Waals surface area contributed by atoms with Crippen LogP contribution in [0.1, 0.15) is 27.2 Å². The third-order valence-corrected chi connectivity index (χ3v) is 2.84. The monoisotopic (exact) mass is 219 g/mol. The third-order valence-electron chi connectivity index (χ3n) is 1.70. The summed E-state index contributed by atoms with van der Waals surface area (Å²) in [5.74, 6) is 2.12. The van der Waals surface area contributed by atoms with Gasteiger partial charge in [0.2, 0.25) is 0 Å². The molecule has 0 fully saturated rings. The van der Waals surface area contributed by atoms with E-state index in [0.717, 1.165) is 11.5 Å². The number of carbonyl (C=O) groups excluding carboxylic acids is 1. The Kier molecular flexibility index (Phi) is 9.19. The first-order chi connectivity index (χ1) is 6.70. The van der Waals surface area contributed by atoms with E-state index in [4.69, 9.17) is 4.74 Å². The molecule has 0 amide bonds. The molecule has 0 aromatic rings. The summed E-state index contributed by atoms with van der Waals surface area (Å²) < 4.78 is 4.82. The molecule has 4 heteroatoms. The number of carbonyl (C=O) groups is 1. The average Bonchev–Trinajstić information content (AvgIpc) is 2.15. The Bertz CT molecular complexity index is 153. The highest BCUT2D eigenvalue weighted by atomic mass is 32.2. The largest absolute Gasteiger partial charge is 0.466 e. The normalized spacial score (nSPS) is 12.5. The molecule has 0 aromatic heterocycles. The first kappa shape index (κ1) is 13.8. The minimum Gasteiger partial charge on any atom is -0.466 e. The zero-order chi connectivity index (χ0) is 10.8. The van der Waals surface area contributed by atoms with Crippen LogP contribution in [0.2, 0.25) is 0 Å². The fourth-order valence-electron chi connectivity index (χ4n) is 1.01. The van der Waals surface area contributed by atoms with Crippen LogP contribution in [0.25, 0.3) is 0 Å². The Hall–Kier alpha value is -0.220. The van der Waals surface area contributed by atoms with Crippen LogP contribution in [0.5, 0.6) is 0 Å². The summed E-state index contributed by atoms with van der Waals surface area (Å²) in [5, 5.41) is 3.29. The van der Waals surface area contributed by atoms with Gasteiger partial charge < -0.3 is 10.1 Å². The van der Waals surface area contributed by atoms with E-state index in [2.05, 4.69) is 19.2 Å². The van der Waals surface area contributed by atoms with Crippen molar-refractivity contribution < 1.29 is 9.53 Å². The molecule has 0 aliphatic rings. The maximum absolute atomic E-state index is 11.0. The van der Waals surface area contributed by atoms with Gasteiger partial charge in [-0.15, -0.1) is 0 Å². The molecule has 0 rings (SSSR count). The number of esters is 1. The van der Waals surface area contributed by atoms with Gasteiger partial charge in [-0.3, -0.25) is 4.79 Å². The van der Waals surface area contributed by atoms with Gasteiger partial charge in [0.05, 0.1) is 13.0 Å². The summed E-state index contributed by atoms with van der Waals surface area (Å²) in [5.41, 5.74) is 0. The Balaban J connectivity index is 3.29. The number of hydrogen-bond acceptors (Lipinski definition) is 4. The molecule has 0 aliphatic carbocycles. The minimum atomic E-state index is -0.115. The average molecular weight is 219 g/mol. The summed E-state index contributed by atoms with van der Waals surface area (Å²) in [6.45, 7) is 7.29. The summed E-state index contributed by atoms with van der Waals surface area (Å²) in [4.78, 5) is 11.0. The van der Waals surface area contributed by atoms with Crippen LogP contribution >= 0.6 is 11.8 Å². The van der Waals surface area contributed by atoms with Crippen LogP contribution < -0.4 is 5.32 Å². The van der Waals surface area contributed by atoms with Crippen molar-refractivity contribution >= 4 is 17.7 Å². The fraction of sp³-hybridized carbons (Fsp3) is 0.900. The molecule has 0 aromatic carbocycles. The van der Waals surface area contributed by atoms with E-state index in [0.29, 0.717) is 25.6 Å². The molecule has 0 saturated carbocycles. The predicted octanol–water partition coefficient (Wildman–Crippen LogP) is 1.67. The lowest BCUT2D eigenvalue weighted by Crippen LogP contribution is -2.30. The molecule has 14 heavy (non-hydrogen) atoms. The lowest BCUT2D eigenvalue weighted by atomic mass is 10.3. The molecule has 3 nitrogen and oxygen atoms in total. The van der Waals surface area contributed by atoms with E-state index < -0.39 is 0 Å². The van der Waals surface area contributed by atoms with Crippen LogP contribution in [-0.4, -0.2) is 36.7 Å². The van der Waals surface area contributed by atoms with Crippen molar-refractivity contribution in [2.45, 2.75) is 33.2 Å². The van der Waals surface area contributed by atoms with E-state index in [1.165, 1.54) is 0 Å². The Morgan fingerprint density at radius 2 is 2.21 bits per heavy atom. The van der Waals surface area contributed by atoms with Crippen LogP contribution in [0.15, 0.2) is 0 Å². The standard InChI is InChI=1S/C10H21NO2S/c1-4-13-10(12)6-7-11-9(3)8-14-5-2/h9,11H,4-8H2,1-3H3. The number of rotatable bonds is 8. The molecule has 1 atom stereocenters. The van der Waals surface area contributed by atoms with E-state index in [1.54, 1.807) is 0 Å². The second kappa shape index (κ2) is 9.34. The van der Waals surface area contributed by atoms with Crippen LogP contribution in [0, 0.1) is 0 Å². The van der Waals surface area contributed by atoms with Crippen molar-refractivity contribution in [2.24, 2.45) is 0 Å². The molecular formula is C10H21NO2S. The lowest BCUT2D eigenvalue weighted by molar-refractivity contribution is -0.142. The van der Waals surface area contributed by atoms with E-state index in [1.807, 2.05) is 18.7 Å². The van der Waals surface area contributed by atoms with Crippen LogP contribution in [-0.2, 0) is 9.53 Å². The highest BCUT2D eigenvalue weighted by Crippen LogP contribution is 2.00. The second-order valence-electron chi connectivity index (χ2n) is 3.07. The number of hydrogen-bond donors (Lipinski definition) is 1. The quantitative estimate of drug-likeness (QED) is 0.630. The van der Waals surface area contributed by atoms with Gasteiger partial charge in [0.15, 0.2) is 0 Å². The lowest BCUT2D eigenvalue weighted by Gasteiger charge is -2.12. The van der Waals surface area contributed by atoms with Crippen molar-refractivity contribution in [3.05, 3.63) is 0 Å². The van der Waals surface area contributed by atoms with E-state index in [-0.39, 0.29) is 5.97 Å². The second-order valence-corrected chi connectivity index (χ2v) is 4.39. The number of thioether (sulfide) groups is 1. The maximum Gasteiger partial charge on any atom is 0.307 e. The summed E-state index contributed by atoms with van der Waals surface area (Å²) >= 11 is 1.91. The highest BCUT2D eigenvalue weighted by molar-refractivity contribution is 7.99. The first-order valence-corrected chi connectivity index (χ1v) is 6.32. The molecule has 0 bridgehead atoms. The highest BCUT2D eigenvalue weighted by Gasteiger charge is 2.03. The SMILES string of the molecule is CCOC(=O)CCNC(C)CSCC. The Morgan fingerprint density at radius 3 is 2.79 bits per heavy atom. The minimum absolute atomic E-state index is 0.115. The van der Waals surface area contributed by atoms with Crippen molar-refractivity contribution in [1.82, 2.24) is 5.32 Å². The third kappa shape index (κ3) is 8.38. The van der Waals surface area contributed by atoms with Crippen LogP contribution in [0.3, 0.4) is 0 Å². The zero-order valence-electron chi connectivity index (χ0n) is 9.34. The van der Waals surface area contributed by atoms with Crippen LogP contribution in [0.4, 0.5) is 0 Å². The molecule has 0 aliphatic heterocycles. The van der Waals surface area contributed by atoms with Gasteiger partial charge in [0, 0.05) is 18.3 Å². The number of nitrogens with one attached hydrogen (secondary N) is 1. The van der Waals surface area contributed by atoms with Gasteiger partial charge in [0.1, 0.15) is 0 Å². The van der Waals surface area contributed by atoms with E-state index >= 15 is 0 Å². The van der Waals surface area contributed by atoms with Crippen molar-refractivity contribution in [1.29, 1.82) is 0 Å².